The normalized spacial score (nSPS) is 11.5. The van der Waals surface area contributed by atoms with Crippen molar-refractivity contribution < 1.29 is 9.47 Å². The summed E-state index contributed by atoms with van der Waals surface area (Å²) in [4.78, 5) is 2.31. The lowest BCUT2D eigenvalue weighted by Gasteiger charge is -2.26. The highest BCUT2D eigenvalue weighted by Crippen LogP contribution is 2.35. The number of hydrogen-bond donors (Lipinski definition) is 0. The van der Waals surface area contributed by atoms with E-state index in [1.807, 2.05) is 0 Å². The van der Waals surface area contributed by atoms with Crippen LogP contribution < -0.4 is 4.90 Å². The first-order chi connectivity index (χ1) is 15.8. The SMILES string of the molecule is Cc1ccc(N(c2ccc(C)cc2)c2ccc(CC(COC(C)C)COC(C)C)cc2)cc1. The molecule has 0 bridgehead atoms. The van der Waals surface area contributed by atoms with Crippen molar-refractivity contribution >= 4 is 17.1 Å². The predicted molar refractivity (Wildman–Crippen MR) is 140 cm³/mol. The molecular weight excluding hydrogens is 406 g/mol. The maximum absolute atomic E-state index is 5.92. The summed E-state index contributed by atoms with van der Waals surface area (Å²) in [6, 6.07) is 26.3. The Hall–Kier alpha value is -2.62. The largest absolute Gasteiger partial charge is 0.378 e. The Morgan fingerprint density at radius 3 is 1.30 bits per heavy atom. The van der Waals surface area contributed by atoms with Gasteiger partial charge in [0, 0.05) is 23.0 Å². The molecule has 0 aliphatic carbocycles. The standard InChI is InChI=1S/C30H39NO2/c1-22(2)32-20-27(21-33-23(3)4)19-26-11-17-30(18-12-26)31(28-13-7-24(5)8-14-28)29-15-9-25(6)10-16-29/h7-18,22-23,27H,19-21H2,1-6H3. The van der Waals surface area contributed by atoms with Gasteiger partial charge in [0.1, 0.15) is 0 Å². The maximum atomic E-state index is 5.92. The van der Waals surface area contributed by atoms with Gasteiger partial charge < -0.3 is 14.4 Å². The van der Waals surface area contributed by atoms with Crippen LogP contribution in [0.25, 0.3) is 0 Å². The summed E-state index contributed by atoms with van der Waals surface area (Å²) >= 11 is 0. The van der Waals surface area contributed by atoms with Crippen LogP contribution in [0.1, 0.15) is 44.4 Å². The van der Waals surface area contributed by atoms with E-state index in [9.17, 15) is 0 Å². The summed E-state index contributed by atoms with van der Waals surface area (Å²) in [5.41, 5.74) is 7.29. The van der Waals surface area contributed by atoms with Gasteiger partial charge in [-0.3, -0.25) is 0 Å². The van der Waals surface area contributed by atoms with E-state index in [0.717, 1.165) is 23.5 Å². The van der Waals surface area contributed by atoms with Crippen LogP contribution in [0.4, 0.5) is 17.1 Å². The quantitative estimate of drug-likeness (QED) is 0.301. The molecule has 0 aromatic heterocycles. The second kappa shape index (κ2) is 12.0. The molecule has 0 aliphatic heterocycles. The number of benzene rings is 3. The second-order valence-corrected chi connectivity index (χ2v) is 9.51. The highest BCUT2D eigenvalue weighted by Gasteiger charge is 2.15. The van der Waals surface area contributed by atoms with Gasteiger partial charge in [0.05, 0.1) is 25.4 Å². The third-order valence-corrected chi connectivity index (χ3v) is 5.63. The number of aryl methyl sites for hydroxylation is 2. The van der Waals surface area contributed by atoms with Gasteiger partial charge in [-0.1, -0.05) is 47.5 Å². The first-order valence-corrected chi connectivity index (χ1v) is 12.1. The van der Waals surface area contributed by atoms with Crippen molar-refractivity contribution in [3.8, 4) is 0 Å². The van der Waals surface area contributed by atoms with Crippen molar-refractivity contribution in [1.82, 2.24) is 0 Å². The second-order valence-electron chi connectivity index (χ2n) is 9.51. The Morgan fingerprint density at radius 1 is 0.576 bits per heavy atom. The highest BCUT2D eigenvalue weighted by molar-refractivity contribution is 5.76. The average molecular weight is 446 g/mol. The fourth-order valence-corrected chi connectivity index (χ4v) is 3.77. The zero-order valence-electron chi connectivity index (χ0n) is 21.0. The van der Waals surface area contributed by atoms with E-state index >= 15 is 0 Å². The van der Waals surface area contributed by atoms with Gasteiger partial charge in [-0.15, -0.1) is 0 Å². The van der Waals surface area contributed by atoms with Gasteiger partial charge in [0.25, 0.3) is 0 Å². The minimum atomic E-state index is 0.228. The van der Waals surface area contributed by atoms with Crippen molar-refractivity contribution in [3.05, 3.63) is 89.5 Å². The molecule has 0 radical (unpaired) electrons. The minimum Gasteiger partial charge on any atom is -0.378 e. The molecule has 3 nitrogen and oxygen atoms in total. The van der Waals surface area contributed by atoms with Crippen LogP contribution in [-0.2, 0) is 15.9 Å². The first-order valence-electron chi connectivity index (χ1n) is 12.1. The van der Waals surface area contributed by atoms with Crippen LogP contribution in [0.5, 0.6) is 0 Å². The van der Waals surface area contributed by atoms with E-state index in [1.54, 1.807) is 0 Å². The summed E-state index contributed by atoms with van der Waals surface area (Å²) in [5, 5.41) is 0. The first kappa shape index (κ1) is 25.0. The minimum absolute atomic E-state index is 0.228. The van der Waals surface area contributed by atoms with Gasteiger partial charge in [-0.2, -0.15) is 0 Å². The number of anilines is 3. The number of hydrogen-bond acceptors (Lipinski definition) is 3. The van der Waals surface area contributed by atoms with Crippen molar-refractivity contribution in [2.24, 2.45) is 5.92 Å². The van der Waals surface area contributed by atoms with Crippen molar-refractivity contribution in [2.45, 2.75) is 60.2 Å². The maximum Gasteiger partial charge on any atom is 0.0522 e. The number of nitrogens with zero attached hydrogens (tertiary/aromatic N) is 1. The Morgan fingerprint density at radius 2 is 0.939 bits per heavy atom. The molecule has 0 unspecified atom stereocenters. The smallest absolute Gasteiger partial charge is 0.0522 e. The Labute approximate surface area is 200 Å². The van der Waals surface area contributed by atoms with Crippen LogP contribution >= 0.6 is 0 Å². The van der Waals surface area contributed by atoms with Crippen molar-refractivity contribution in [3.63, 3.8) is 0 Å². The zero-order valence-corrected chi connectivity index (χ0v) is 21.0. The summed E-state index contributed by atoms with van der Waals surface area (Å²) in [6.07, 6.45) is 1.40. The Kier molecular flexibility index (Phi) is 9.11. The van der Waals surface area contributed by atoms with Gasteiger partial charge in [0.2, 0.25) is 0 Å². The van der Waals surface area contributed by atoms with Crippen molar-refractivity contribution in [1.29, 1.82) is 0 Å². The van der Waals surface area contributed by atoms with E-state index in [4.69, 9.17) is 9.47 Å². The van der Waals surface area contributed by atoms with E-state index < -0.39 is 0 Å². The molecule has 176 valence electrons. The number of ether oxygens (including phenoxy) is 2. The van der Waals surface area contributed by atoms with Gasteiger partial charge in [-0.25, -0.2) is 0 Å². The Balaban J connectivity index is 1.82. The van der Waals surface area contributed by atoms with E-state index in [-0.39, 0.29) is 12.2 Å². The molecule has 3 aromatic carbocycles. The summed E-state index contributed by atoms with van der Waals surface area (Å²) in [6.45, 7) is 14.0. The van der Waals surface area contributed by atoms with Gasteiger partial charge in [0.15, 0.2) is 0 Å². The molecule has 0 N–H and O–H groups in total. The van der Waals surface area contributed by atoms with Crippen LogP contribution in [0.3, 0.4) is 0 Å². The third-order valence-electron chi connectivity index (χ3n) is 5.63. The van der Waals surface area contributed by atoms with Crippen LogP contribution in [0.15, 0.2) is 72.8 Å². The molecule has 0 spiro atoms. The van der Waals surface area contributed by atoms with Crippen LogP contribution in [-0.4, -0.2) is 25.4 Å². The third kappa shape index (κ3) is 7.73. The highest BCUT2D eigenvalue weighted by atomic mass is 16.5. The lowest BCUT2D eigenvalue weighted by atomic mass is 10.00. The molecule has 3 rings (SSSR count). The van der Waals surface area contributed by atoms with Crippen molar-refractivity contribution in [2.75, 3.05) is 18.1 Å². The molecule has 0 heterocycles. The molecule has 3 heteroatoms. The van der Waals surface area contributed by atoms with Crippen LogP contribution in [0, 0.1) is 19.8 Å². The summed E-state index contributed by atoms with van der Waals surface area (Å²) < 4.78 is 11.8. The average Bonchev–Trinajstić information content (AvgIpc) is 2.79. The van der Waals surface area contributed by atoms with E-state index in [0.29, 0.717) is 19.1 Å². The van der Waals surface area contributed by atoms with E-state index in [1.165, 1.54) is 16.7 Å². The lowest BCUT2D eigenvalue weighted by molar-refractivity contribution is -0.00309. The molecule has 0 aliphatic rings. The van der Waals surface area contributed by atoms with Crippen LogP contribution in [0.2, 0.25) is 0 Å². The summed E-state index contributed by atoms with van der Waals surface area (Å²) in [7, 11) is 0. The summed E-state index contributed by atoms with van der Waals surface area (Å²) in [5.74, 6) is 0.339. The zero-order chi connectivity index (χ0) is 23.8. The fraction of sp³-hybridized carbons (Fsp3) is 0.400. The lowest BCUT2D eigenvalue weighted by Crippen LogP contribution is -2.22. The van der Waals surface area contributed by atoms with E-state index in [2.05, 4.69) is 119 Å². The number of rotatable bonds is 11. The molecule has 3 aromatic rings. The fourth-order valence-electron chi connectivity index (χ4n) is 3.77. The molecular formula is C30H39NO2. The monoisotopic (exact) mass is 445 g/mol. The van der Waals surface area contributed by atoms with Gasteiger partial charge in [-0.05, 0) is 89.9 Å². The molecule has 0 saturated heterocycles. The Bertz CT molecular complexity index is 902. The topological polar surface area (TPSA) is 21.7 Å². The predicted octanol–water partition coefficient (Wildman–Crippen LogP) is 7.78. The van der Waals surface area contributed by atoms with Gasteiger partial charge >= 0.3 is 0 Å². The molecule has 33 heavy (non-hydrogen) atoms. The molecule has 0 amide bonds. The molecule has 0 atom stereocenters. The molecule has 0 saturated carbocycles. The molecule has 0 fully saturated rings.